The second-order valence-electron chi connectivity index (χ2n) is 5.01. The van der Waals surface area contributed by atoms with Crippen LogP contribution >= 0.6 is 0 Å². The lowest BCUT2D eigenvalue weighted by molar-refractivity contribution is -0.146. The Morgan fingerprint density at radius 3 is 2.33 bits per heavy atom. The van der Waals surface area contributed by atoms with E-state index in [-0.39, 0.29) is 0 Å². The van der Waals surface area contributed by atoms with Crippen molar-refractivity contribution in [2.75, 3.05) is 60.4 Å². The van der Waals surface area contributed by atoms with E-state index in [0.717, 1.165) is 26.1 Å². The van der Waals surface area contributed by atoms with E-state index in [0.29, 0.717) is 19.6 Å². The van der Waals surface area contributed by atoms with Crippen LogP contribution in [0.5, 0.6) is 0 Å². The molecule has 18 heavy (non-hydrogen) atoms. The SMILES string of the molecule is CN(C)CCCNC(=O)C(=O)N1CCN(C)CC1. The molecule has 0 aliphatic carbocycles. The van der Waals surface area contributed by atoms with Gasteiger partial charge in [-0.3, -0.25) is 9.59 Å². The van der Waals surface area contributed by atoms with Crippen LogP contribution in [0, 0.1) is 0 Å². The molecule has 0 atom stereocenters. The molecule has 0 bridgehead atoms. The topological polar surface area (TPSA) is 55.9 Å². The van der Waals surface area contributed by atoms with Gasteiger partial charge in [0.1, 0.15) is 0 Å². The van der Waals surface area contributed by atoms with Gasteiger partial charge >= 0.3 is 11.8 Å². The molecule has 104 valence electrons. The summed E-state index contributed by atoms with van der Waals surface area (Å²) in [5.74, 6) is -0.869. The number of hydrogen-bond donors (Lipinski definition) is 1. The van der Waals surface area contributed by atoms with Crippen LogP contribution in [-0.4, -0.2) is 86.9 Å². The summed E-state index contributed by atoms with van der Waals surface area (Å²) in [4.78, 5) is 29.3. The predicted octanol–water partition coefficient (Wildman–Crippen LogP) is -1.17. The summed E-state index contributed by atoms with van der Waals surface area (Å²) in [7, 11) is 5.98. The van der Waals surface area contributed by atoms with E-state index in [9.17, 15) is 9.59 Å². The average molecular weight is 256 g/mol. The smallest absolute Gasteiger partial charge is 0.311 e. The molecule has 0 radical (unpaired) electrons. The molecule has 1 aliphatic heterocycles. The highest BCUT2D eigenvalue weighted by molar-refractivity contribution is 6.35. The first kappa shape index (κ1) is 14.9. The van der Waals surface area contributed by atoms with Gasteiger partial charge in [-0.1, -0.05) is 0 Å². The van der Waals surface area contributed by atoms with Crippen molar-refractivity contribution in [1.82, 2.24) is 20.0 Å². The molecule has 1 heterocycles. The lowest BCUT2D eigenvalue weighted by Gasteiger charge is -2.31. The zero-order valence-electron chi connectivity index (χ0n) is 11.6. The fourth-order valence-electron chi connectivity index (χ4n) is 1.83. The number of nitrogens with zero attached hydrogens (tertiary/aromatic N) is 3. The number of amides is 2. The van der Waals surface area contributed by atoms with Gasteiger partial charge in [-0.05, 0) is 34.1 Å². The maximum absolute atomic E-state index is 11.8. The highest BCUT2D eigenvalue weighted by Gasteiger charge is 2.24. The lowest BCUT2D eigenvalue weighted by Crippen LogP contribution is -2.51. The minimum absolute atomic E-state index is 0.395. The Hall–Kier alpha value is -1.14. The molecule has 0 aromatic rings. The van der Waals surface area contributed by atoms with Gasteiger partial charge in [0.15, 0.2) is 0 Å². The van der Waals surface area contributed by atoms with Gasteiger partial charge in [-0.2, -0.15) is 0 Å². The van der Waals surface area contributed by atoms with Crippen LogP contribution in [0.2, 0.25) is 0 Å². The molecular weight excluding hydrogens is 232 g/mol. The number of piperazine rings is 1. The third-order valence-corrected chi connectivity index (χ3v) is 3.05. The first-order chi connectivity index (χ1) is 8.50. The Kier molecular flexibility index (Phi) is 6.07. The molecule has 0 aromatic carbocycles. The zero-order chi connectivity index (χ0) is 13.5. The number of carbonyl (C=O) groups excluding carboxylic acids is 2. The van der Waals surface area contributed by atoms with Gasteiger partial charge in [0.2, 0.25) is 0 Å². The summed E-state index contributed by atoms with van der Waals surface area (Å²) in [5, 5.41) is 2.68. The summed E-state index contributed by atoms with van der Waals surface area (Å²) in [5.41, 5.74) is 0. The van der Waals surface area contributed by atoms with E-state index in [4.69, 9.17) is 0 Å². The quantitative estimate of drug-likeness (QED) is 0.509. The van der Waals surface area contributed by atoms with Crippen LogP contribution < -0.4 is 5.32 Å². The molecule has 0 saturated carbocycles. The van der Waals surface area contributed by atoms with E-state index >= 15 is 0 Å². The second kappa shape index (κ2) is 7.33. The molecule has 1 saturated heterocycles. The van der Waals surface area contributed by atoms with Crippen LogP contribution in [0.25, 0.3) is 0 Å². The van der Waals surface area contributed by atoms with Crippen LogP contribution in [-0.2, 0) is 9.59 Å². The first-order valence-electron chi connectivity index (χ1n) is 6.41. The Bertz CT molecular complexity index is 286. The second-order valence-corrected chi connectivity index (χ2v) is 5.01. The largest absolute Gasteiger partial charge is 0.348 e. The zero-order valence-corrected chi connectivity index (χ0v) is 11.6. The molecule has 1 fully saturated rings. The summed E-state index contributed by atoms with van der Waals surface area (Å²) in [6.07, 6.45) is 0.856. The van der Waals surface area contributed by atoms with Crippen LogP contribution in [0.1, 0.15) is 6.42 Å². The van der Waals surface area contributed by atoms with E-state index in [1.54, 1.807) is 4.90 Å². The molecule has 1 rings (SSSR count). The average Bonchev–Trinajstić information content (AvgIpc) is 2.34. The minimum Gasteiger partial charge on any atom is -0.348 e. The van der Waals surface area contributed by atoms with Gasteiger partial charge in [0.25, 0.3) is 0 Å². The summed E-state index contributed by atoms with van der Waals surface area (Å²) in [6.45, 7) is 4.40. The normalized spacial score (nSPS) is 17.0. The minimum atomic E-state index is -0.474. The lowest BCUT2D eigenvalue weighted by atomic mass is 10.3. The van der Waals surface area contributed by atoms with Crippen molar-refractivity contribution in [3.8, 4) is 0 Å². The van der Waals surface area contributed by atoms with Crippen molar-refractivity contribution < 1.29 is 9.59 Å². The number of likely N-dealkylation sites (N-methyl/N-ethyl adjacent to an activating group) is 1. The van der Waals surface area contributed by atoms with Crippen molar-refractivity contribution in [3.05, 3.63) is 0 Å². The van der Waals surface area contributed by atoms with Crippen LogP contribution in [0.3, 0.4) is 0 Å². The van der Waals surface area contributed by atoms with E-state index in [2.05, 4.69) is 15.1 Å². The Morgan fingerprint density at radius 1 is 1.17 bits per heavy atom. The molecular formula is C12H24N4O2. The highest BCUT2D eigenvalue weighted by Crippen LogP contribution is 1.99. The maximum atomic E-state index is 11.8. The third kappa shape index (κ3) is 5.01. The Balaban J connectivity index is 2.22. The van der Waals surface area contributed by atoms with Gasteiger partial charge in [0.05, 0.1) is 0 Å². The maximum Gasteiger partial charge on any atom is 0.311 e. The van der Waals surface area contributed by atoms with E-state index in [1.165, 1.54) is 0 Å². The number of hydrogen-bond acceptors (Lipinski definition) is 4. The van der Waals surface area contributed by atoms with Gasteiger partial charge in [0, 0.05) is 32.7 Å². The summed E-state index contributed by atoms with van der Waals surface area (Å²) >= 11 is 0. The summed E-state index contributed by atoms with van der Waals surface area (Å²) < 4.78 is 0. The molecule has 1 N–H and O–H groups in total. The van der Waals surface area contributed by atoms with Crippen molar-refractivity contribution in [3.63, 3.8) is 0 Å². The molecule has 6 heteroatoms. The number of carbonyl (C=O) groups is 2. The third-order valence-electron chi connectivity index (χ3n) is 3.05. The molecule has 2 amide bonds. The van der Waals surface area contributed by atoms with E-state index < -0.39 is 11.8 Å². The summed E-state index contributed by atoms with van der Waals surface area (Å²) in [6, 6.07) is 0. The van der Waals surface area contributed by atoms with Crippen molar-refractivity contribution in [2.45, 2.75) is 6.42 Å². The van der Waals surface area contributed by atoms with Gasteiger partial charge in [-0.25, -0.2) is 0 Å². The Labute approximate surface area is 109 Å². The predicted molar refractivity (Wildman–Crippen MR) is 70.3 cm³/mol. The number of nitrogens with one attached hydrogen (secondary N) is 1. The van der Waals surface area contributed by atoms with Crippen LogP contribution in [0.15, 0.2) is 0 Å². The van der Waals surface area contributed by atoms with E-state index in [1.807, 2.05) is 21.1 Å². The highest BCUT2D eigenvalue weighted by atomic mass is 16.2. The monoisotopic (exact) mass is 256 g/mol. The molecule has 1 aliphatic rings. The van der Waals surface area contributed by atoms with Gasteiger partial charge < -0.3 is 20.0 Å². The first-order valence-corrected chi connectivity index (χ1v) is 6.41. The van der Waals surface area contributed by atoms with Crippen LogP contribution in [0.4, 0.5) is 0 Å². The van der Waals surface area contributed by atoms with Crippen molar-refractivity contribution in [2.24, 2.45) is 0 Å². The number of rotatable bonds is 4. The standard InChI is InChI=1S/C12H24N4O2/c1-14(2)6-4-5-13-11(17)12(18)16-9-7-15(3)8-10-16/h4-10H2,1-3H3,(H,13,17). The fraction of sp³-hybridized carbons (Fsp3) is 0.833. The van der Waals surface area contributed by atoms with Gasteiger partial charge in [-0.15, -0.1) is 0 Å². The fourth-order valence-corrected chi connectivity index (χ4v) is 1.83. The molecule has 6 nitrogen and oxygen atoms in total. The molecule has 0 aromatic heterocycles. The van der Waals surface area contributed by atoms with Crippen molar-refractivity contribution >= 4 is 11.8 Å². The van der Waals surface area contributed by atoms with Crippen molar-refractivity contribution in [1.29, 1.82) is 0 Å². The molecule has 0 unspecified atom stereocenters. The Morgan fingerprint density at radius 2 is 1.78 bits per heavy atom. The molecule has 0 spiro atoms.